The topological polar surface area (TPSA) is 86.7 Å². The predicted molar refractivity (Wildman–Crippen MR) is 201 cm³/mol. The third-order valence-electron chi connectivity index (χ3n) is 3.09. The van der Waals surface area contributed by atoms with Crippen molar-refractivity contribution in [2.24, 2.45) is 23.7 Å². The van der Waals surface area contributed by atoms with Crippen LogP contribution >= 0.6 is 23.5 Å². The van der Waals surface area contributed by atoms with Crippen LogP contribution in [0.4, 0.5) is 0 Å². The number of thioether (sulfide) groups is 2. The largest absolute Gasteiger partial charge is 0.541 e. The smallest absolute Gasteiger partial charge is 0.0436 e. The standard InChI is InChI=1S/2C6H11O2.2C6H11OS.4C3H7.4La/c4*1-3-8-5-6(2)4-7;4*1-3-2;;;;/h4*6H,3,5H2,1-2H3;4*3H,1-2H3;;;;/q8*-1;;;;. The van der Waals surface area contributed by atoms with Crippen LogP contribution in [0.1, 0.15) is 111 Å². The summed E-state index contributed by atoms with van der Waals surface area (Å²) in [5.74, 6) is 4.09. The average molecular weight is 1220 g/mol. The Morgan fingerprint density at radius 3 is 0.771 bits per heavy atom. The fourth-order valence-electron chi connectivity index (χ4n) is 1.31. The van der Waals surface area contributed by atoms with Crippen LogP contribution in [0.25, 0.3) is 0 Å². The Hall–Kier alpha value is 4.08. The summed E-state index contributed by atoms with van der Waals surface area (Å²) in [6, 6.07) is 0. The third kappa shape index (κ3) is 153. The molecule has 0 rings (SSSR count). The van der Waals surface area contributed by atoms with E-state index in [9.17, 15) is 19.2 Å². The maximum absolute atomic E-state index is 9.87. The van der Waals surface area contributed by atoms with Crippen molar-refractivity contribution in [3.8, 4) is 0 Å². The van der Waals surface area contributed by atoms with Gasteiger partial charge in [-0.1, -0.05) is 41.5 Å². The second-order valence-electron chi connectivity index (χ2n) is 9.02. The summed E-state index contributed by atoms with van der Waals surface area (Å²) < 4.78 is 9.85. The number of rotatable bonds is 16. The van der Waals surface area contributed by atoms with Gasteiger partial charge in [-0.05, 0) is 36.9 Å². The van der Waals surface area contributed by atoms with E-state index in [1.54, 1.807) is 37.4 Å². The molecule has 0 N–H and O–H groups in total. The quantitative estimate of drug-likeness (QED) is 0.142. The molecule has 4 unspecified atom stereocenters. The molecule has 0 amide bonds. The molecule has 6 nitrogen and oxygen atoms in total. The molecule has 0 aliphatic heterocycles. The van der Waals surface area contributed by atoms with E-state index < -0.39 is 0 Å². The molecular weight excluding hydrogens is 1150 g/mol. The van der Waals surface area contributed by atoms with E-state index in [2.05, 4.69) is 13.8 Å². The number of carbonyl (C=O) groups excluding carboxylic acids is 4. The monoisotopic (exact) mass is 1220 g/mol. The molecule has 284 valence electrons. The molecule has 0 saturated carbocycles. The van der Waals surface area contributed by atoms with E-state index >= 15 is 0 Å². The molecule has 0 aromatic carbocycles. The molecule has 0 aliphatic rings. The molecule has 0 heterocycles. The van der Waals surface area contributed by atoms with Gasteiger partial charge in [0.1, 0.15) is 0 Å². The Balaban J connectivity index is -0.0000000316. The molecule has 0 fully saturated rings. The third-order valence-corrected chi connectivity index (χ3v) is 5.38. The normalized spacial score (nSPS) is 10.3. The Kier molecular flexibility index (Phi) is 173. The van der Waals surface area contributed by atoms with Crippen LogP contribution in [-0.2, 0) is 28.7 Å². The summed E-state index contributed by atoms with van der Waals surface area (Å²) in [6.07, 6.45) is 15.5. The van der Waals surface area contributed by atoms with Gasteiger partial charge in [0.15, 0.2) is 0 Å². The molecule has 0 aromatic heterocycles. The minimum atomic E-state index is -0.0741. The Morgan fingerprint density at radius 1 is 0.458 bits per heavy atom. The van der Waals surface area contributed by atoms with Gasteiger partial charge in [0, 0.05) is 169 Å². The van der Waals surface area contributed by atoms with E-state index in [0.717, 1.165) is 23.0 Å². The van der Waals surface area contributed by atoms with Crippen molar-refractivity contribution in [1.29, 1.82) is 0 Å². The van der Waals surface area contributed by atoms with Crippen LogP contribution in [0.15, 0.2) is 0 Å². The molecule has 4 radical (unpaired) electrons. The Labute approximate surface area is 422 Å². The first-order valence-corrected chi connectivity index (χ1v) is 18.0. The molecule has 0 aromatic rings. The molecule has 0 aliphatic carbocycles. The predicted octanol–water partition coefficient (Wildman–Crippen LogP) is 9.43. The van der Waals surface area contributed by atoms with Crippen molar-refractivity contribution in [3.05, 3.63) is 25.7 Å². The van der Waals surface area contributed by atoms with Crippen LogP contribution in [0, 0.1) is 192 Å². The van der Waals surface area contributed by atoms with Crippen LogP contribution in [0.5, 0.6) is 0 Å². The van der Waals surface area contributed by atoms with Crippen molar-refractivity contribution in [1.82, 2.24) is 0 Å². The van der Waals surface area contributed by atoms with E-state index in [4.69, 9.17) is 9.47 Å². The fraction of sp³-hybridized carbons (Fsp3) is 0.778. The van der Waals surface area contributed by atoms with Crippen LogP contribution < -0.4 is 0 Å². The van der Waals surface area contributed by atoms with Crippen molar-refractivity contribution < 1.29 is 171 Å². The molecule has 0 spiro atoms. The van der Waals surface area contributed by atoms with Gasteiger partial charge < -0.3 is 54.3 Å². The van der Waals surface area contributed by atoms with Gasteiger partial charge in [-0.3, -0.25) is 25.1 Å². The van der Waals surface area contributed by atoms with Crippen molar-refractivity contribution in [2.75, 3.05) is 49.4 Å². The molecule has 48 heavy (non-hydrogen) atoms. The second-order valence-corrected chi connectivity index (χ2v) is 11.7. The number of ether oxygens (including phenoxy) is 2. The summed E-state index contributed by atoms with van der Waals surface area (Å²) >= 11 is 3.56. The van der Waals surface area contributed by atoms with Crippen LogP contribution in [0.2, 0.25) is 0 Å². The first kappa shape index (κ1) is 84.6. The van der Waals surface area contributed by atoms with Gasteiger partial charge in [-0.15, -0.1) is 23.7 Å². The van der Waals surface area contributed by atoms with Crippen molar-refractivity contribution in [2.45, 2.75) is 111 Å². The van der Waals surface area contributed by atoms with E-state index in [1.807, 2.05) is 134 Å². The van der Waals surface area contributed by atoms with Crippen LogP contribution in [-0.4, -0.2) is 74.6 Å². The van der Waals surface area contributed by atoms with E-state index in [-0.39, 0.29) is 166 Å². The van der Waals surface area contributed by atoms with E-state index in [1.165, 1.54) is 0 Å². The molecule has 0 saturated heterocycles. The van der Waals surface area contributed by atoms with Gasteiger partial charge in [-0.2, -0.15) is 78.9 Å². The number of hydrogen-bond donors (Lipinski definition) is 0. The van der Waals surface area contributed by atoms with Gasteiger partial charge in [0.2, 0.25) is 0 Å². The SMILES string of the molecule is CCOCC(C)[C-]=O.CCOCC(C)[C-]=O.CCSCC(C)[C-]=O.CCSCC(C)[C-]=O.C[CH-]C.C[CH-]C.C[CH-]C.C[CH-]C.[La].[La].[La].[La]. The van der Waals surface area contributed by atoms with Crippen molar-refractivity contribution in [3.63, 3.8) is 0 Å². The molecule has 4 atom stereocenters. The summed E-state index contributed by atoms with van der Waals surface area (Å²) in [5, 5.41) is 0. The van der Waals surface area contributed by atoms with E-state index in [0.29, 0.717) is 26.4 Å². The Morgan fingerprint density at radius 2 is 0.646 bits per heavy atom. The maximum Gasteiger partial charge on any atom is 0.0436 e. The minimum Gasteiger partial charge on any atom is -0.541 e. The van der Waals surface area contributed by atoms with Gasteiger partial charge in [-0.25, -0.2) is 0 Å². The minimum absolute atomic E-state index is 0. The summed E-state index contributed by atoms with van der Waals surface area (Å²) in [6.45, 7) is 33.6. The summed E-state index contributed by atoms with van der Waals surface area (Å²) in [7, 11) is 0. The first-order valence-electron chi connectivity index (χ1n) is 15.7. The maximum atomic E-state index is 9.87. The zero-order chi connectivity index (χ0) is 36.5. The summed E-state index contributed by atoms with van der Waals surface area (Å²) in [4.78, 5) is 39.4. The van der Waals surface area contributed by atoms with Gasteiger partial charge in [0.25, 0.3) is 0 Å². The summed E-state index contributed by atoms with van der Waals surface area (Å²) in [5.41, 5.74) is 0. The molecular formula is C36H72La4O6S2-8. The fourth-order valence-corrected chi connectivity index (χ4v) is 2.63. The number of hydrogen-bond acceptors (Lipinski definition) is 8. The zero-order valence-corrected chi connectivity index (χ0v) is 50.0. The Bertz CT molecular complexity index is 394. The second kappa shape index (κ2) is 98.4. The van der Waals surface area contributed by atoms with Crippen molar-refractivity contribution >= 4 is 48.7 Å². The molecule has 0 bridgehead atoms. The van der Waals surface area contributed by atoms with Gasteiger partial charge >= 0.3 is 0 Å². The molecule has 12 heteroatoms. The van der Waals surface area contributed by atoms with Crippen LogP contribution in [0.3, 0.4) is 0 Å². The first-order chi connectivity index (χ1) is 20.9. The van der Waals surface area contributed by atoms with Gasteiger partial charge in [0.05, 0.1) is 0 Å². The zero-order valence-electron chi connectivity index (χ0n) is 33.9. The average Bonchev–Trinajstić information content (AvgIpc) is 3.02.